The Morgan fingerprint density at radius 3 is 1.87 bits per heavy atom. The quantitative estimate of drug-likeness (QED) is 0.407. The van der Waals surface area contributed by atoms with Crippen molar-refractivity contribution in [2.24, 2.45) is 0 Å². The van der Waals surface area contributed by atoms with Gasteiger partial charge >= 0.3 is 30.6 Å². The Morgan fingerprint density at radius 1 is 0.913 bits per heavy atom. The van der Waals surface area contributed by atoms with Crippen molar-refractivity contribution in [2.45, 2.75) is 0 Å². The number of hydrogen-bond donors (Lipinski definition) is 0. The fourth-order valence-electron chi connectivity index (χ4n) is 1.21. The van der Waals surface area contributed by atoms with E-state index in [1.165, 1.54) is 17.2 Å². The first-order chi connectivity index (χ1) is 11.3. The molecule has 6 nitrogen and oxygen atoms in total. The second-order valence-corrected chi connectivity index (χ2v) is 3.26. The van der Waals surface area contributed by atoms with E-state index in [0.717, 1.165) is 5.69 Å². The van der Waals surface area contributed by atoms with Gasteiger partial charge in [-0.05, 0) is 35.9 Å². The van der Waals surface area contributed by atoms with Crippen LogP contribution in [0, 0.1) is 0 Å². The second kappa shape index (κ2) is 20.4. The molecule has 0 aliphatic heterocycles. The van der Waals surface area contributed by atoms with Crippen LogP contribution < -0.4 is 0 Å². The van der Waals surface area contributed by atoms with E-state index >= 15 is 0 Å². The molecule has 0 fully saturated rings. The van der Waals surface area contributed by atoms with Crippen molar-refractivity contribution in [3.63, 3.8) is 0 Å². The van der Waals surface area contributed by atoms with Crippen molar-refractivity contribution < 1.29 is 36.4 Å². The number of pyridine rings is 2. The van der Waals surface area contributed by atoms with E-state index in [0.29, 0.717) is 11.3 Å². The number of halogens is 2. The summed E-state index contributed by atoms with van der Waals surface area (Å²) in [4.78, 5) is 41.7. The third-order valence-electron chi connectivity index (χ3n) is 1.91. The van der Waals surface area contributed by atoms with E-state index in [2.05, 4.69) is 43.8 Å². The van der Waals surface area contributed by atoms with Crippen LogP contribution in [0.4, 0.5) is 0 Å². The van der Waals surface area contributed by atoms with Crippen LogP contribution >= 0.6 is 25.0 Å². The summed E-state index contributed by atoms with van der Waals surface area (Å²) in [6, 6.07) is 8.70. The number of aromatic nitrogens is 2. The van der Waals surface area contributed by atoms with Crippen LogP contribution in [-0.4, -0.2) is 35.6 Å². The van der Waals surface area contributed by atoms with Crippen molar-refractivity contribution in [2.75, 3.05) is 0 Å². The summed E-state index contributed by atoms with van der Waals surface area (Å²) < 4.78 is 0. The molecule has 0 saturated heterocycles. The van der Waals surface area contributed by atoms with E-state index in [9.17, 15) is 4.79 Å². The first-order valence-electron chi connectivity index (χ1n) is 5.10. The fourth-order valence-corrected chi connectivity index (χ4v) is 1.32. The van der Waals surface area contributed by atoms with Gasteiger partial charge in [0.1, 0.15) is 0 Å². The fraction of sp³-hybridized carbons (Fsp3) is 0. The summed E-state index contributed by atoms with van der Waals surface area (Å²) in [5.74, 6) is 0. The maximum absolute atomic E-state index is 10.9. The molecule has 0 N–H and O–H groups in total. The smallest absolute Gasteiger partial charge is 0.427 e. The maximum atomic E-state index is 10.9. The molecule has 2 rings (SSSR count). The van der Waals surface area contributed by atoms with Gasteiger partial charge in [-0.15, -0.1) is 0 Å². The van der Waals surface area contributed by atoms with Gasteiger partial charge in [0.25, 0.3) is 5.24 Å². The molecule has 2 aromatic heterocycles. The van der Waals surface area contributed by atoms with Crippen LogP contribution in [0.5, 0.6) is 0 Å². The van der Waals surface area contributed by atoms with Crippen molar-refractivity contribution in [3.8, 4) is 11.4 Å². The van der Waals surface area contributed by atoms with Gasteiger partial charge in [-0.3, -0.25) is 14.8 Å². The molecule has 0 atom stereocenters. The molecule has 0 aliphatic rings. The van der Waals surface area contributed by atoms with E-state index in [1.807, 2.05) is 18.2 Å². The van der Waals surface area contributed by atoms with Gasteiger partial charge in [-0.1, -0.05) is 6.07 Å². The van der Waals surface area contributed by atoms with Crippen LogP contribution in [0.2, 0.25) is 0 Å². The first-order valence-corrected chi connectivity index (χ1v) is 11.4. The Morgan fingerprint density at radius 2 is 1.43 bits per heavy atom. The molecule has 0 aliphatic carbocycles. The molecule has 0 unspecified atom stereocenters. The molecule has 0 amide bonds. The van der Waals surface area contributed by atoms with Gasteiger partial charge in [-0.2, -0.15) is 0 Å². The molecule has 23 heavy (non-hydrogen) atoms. The first kappa shape index (κ1) is 26.3. The van der Waals surface area contributed by atoms with Crippen LogP contribution in [0.3, 0.4) is 0 Å². The van der Waals surface area contributed by atoms with E-state index in [1.54, 1.807) is 24.5 Å². The molecular weight excluding hydrogens is 562 g/mol. The van der Waals surface area contributed by atoms with Crippen LogP contribution in [0.25, 0.3) is 11.4 Å². The number of carbonyl (C=O) groups is 1. The average Bonchev–Trinajstić information content (AvgIpc) is 2.69. The normalized spacial score (nSPS) is 7.26. The van der Waals surface area contributed by atoms with Crippen LogP contribution in [0.1, 0.15) is 10.4 Å². The summed E-state index contributed by atoms with van der Waals surface area (Å²) in [5, 5.41) is -0.491. The Labute approximate surface area is 156 Å². The van der Waals surface area contributed by atoms with Gasteiger partial charge in [0.15, 0.2) is 0 Å². The minimum Gasteiger partial charge on any atom is -0.573 e. The van der Waals surface area contributed by atoms with Crippen LogP contribution in [0.15, 0.2) is 42.7 Å². The largest absolute Gasteiger partial charge is 0.573 e. The van der Waals surface area contributed by atoms with Crippen molar-refractivity contribution in [1.29, 1.82) is 0 Å². The summed E-state index contributed by atoms with van der Waals surface area (Å²) in [6.07, 6.45) is 3.21. The van der Waals surface area contributed by atoms with Gasteiger partial charge in [0, 0.05) is 18.0 Å². The van der Waals surface area contributed by atoms with Gasteiger partial charge in [0.05, 0.1) is 11.4 Å². The zero-order chi connectivity index (χ0) is 18.7. The second-order valence-electron chi connectivity index (χ2n) is 2.92. The predicted octanol–water partition coefficient (Wildman–Crippen LogP) is 2.17. The minimum absolute atomic E-state index is 0.423. The average molecular weight is 569 g/mol. The maximum Gasteiger partial charge on any atom is -0.427 e. The van der Waals surface area contributed by atoms with Crippen LogP contribution in [-0.2, 0) is 31.6 Å². The van der Waals surface area contributed by atoms with E-state index in [-0.39, 0.29) is 0 Å². The summed E-state index contributed by atoms with van der Waals surface area (Å²) in [7, 11) is 0. The zero-order valence-corrected chi connectivity index (χ0v) is 16.3. The van der Waals surface area contributed by atoms with Crippen molar-refractivity contribution in [3.05, 3.63) is 48.3 Å². The van der Waals surface area contributed by atoms with Crippen molar-refractivity contribution >= 4 is 50.6 Å². The Kier molecular flexibility index (Phi) is 23.4. The van der Waals surface area contributed by atoms with E-state index < -0.39 is 5.24 Å². The number of carbonyl (C=O) groups excluding carboxylic acids is 4. The zero-order valence-electron chi connectivity index (χ0n) is 11.2. The SMILES string of the molecule is O=C(Cl)c1ccnc(-c2ccccn2)c1.[Br][Re].[C-]=O.[C-]=O.[C-]=O. The molecule has 0 aromatic carbocycles. The van der Waals surface area contributed by atoms with Gasteiger partial charge in [-0.25, -0.2) is 0 Å². The molecule has 0 spiro atoms. The third kappa shape index (κ3) is 11.6. The summed E-state index contributed by atoms with van der Waals surface area (Å²) in [6.45, 7) is 13.5. The predicted molar refractivity (Wildman–Crippen MR) is 83.7 cm³/mol. The van der Waals surface area contributed by atoms with E-state index in [4.69, 9.17) is 26.0 Å². The Bertz CT molecular complexity index is 545. The molecule has 0 bridgehead atoms. The monoisotopic (exact) mass is 568 g/mol. The standard InChI is InChI=1S/C11H7ClN2O.3CO.BrH.Re/c12-11(15)8-4-6-14-10(7-8)9-3-1-2-5-13-9;3*1-2;;/h1-7H;;;;1H;/q;3*-1;;+1/p-1. The third-order valence-corrected chi connectivity index (χ3v) is 2.13. The summed E-state index contributed by atoms with van der Waals surface area (Å²) in [5.41, 5.74) is 1.78. The summed E-state index contributed by atoms with van der Waals surface area (Å²) >= 11 is 9.90. The Hall–Kier alpha value is -1.59. The molecule has 0 saturated carbocycles. The molecule has 9 heteroatoms. The molecule has 121 valence electrons. The number of hydrogen-bond acceptors (Lipinski definition) is 6. The molecule has 2 heterocycles. The number of rotatable bonds is 2. The molecular formula is C14H7BrClN2O4Re-3. The molecule has 2 aromatic rings. The van der Waals surface area contributed by atoms with Gasteiger partial charge in [0.2, 0.25) is 0 Å². The number of nitrogens with zero attached hydrogens (tertiary/aromatic N) is 2. The van der Waals surface area contributed by atoms with Gasteiger partial charge < -0.3 is 34.8 Å². The van der Waals surface area contributed by atoms with Crippen molar-refractivity contribution in [1.82, 2.24) is 9.97 Å². The molecule has 3 radical (unpaired) electrons. The Balaban J connectivity index is -0.000000438. The topological polar surface area (TPSA) is 94.1 Å². The minimum atomic E-state index is -0.491.